The minimum atomic E-state index is -0.346. The molecule has 0 bridgehead atoms. The number of nitrogens with zero attached hydrogens (tertiary/aromatic N) is 2. The molecule has 1 heterocycles. The fourth-order valence-corrected chi connectivity index (χ4v) is 3.57. The van der Waals surface area contributed by atoms with Gasteiger partial charge in [-0.2, -0.15) is 4.98 Å². The number of benzene rings is 1. The van der Waals surface area contributed by atoms with E-state index in [0.717, 1.165) is 22.8 Å². The summed E-state index contributed by atoms with van der Waals surface area (Å²) in [6.07, 6.45) is 6.85. The molecule has 0 saturated heterocycles. The first-order chi connectivity index (χ1) is 13.7. The van der Waals surface area contributed by atoms with Gasteiger partial charge >= 0.3 is 0 Å². The molecule has 1 saturated carbocycles. The van der Waals surface area contributed by atoms with Crippen molar-refractivity contribution in [2.45, 2.75) is 85.0 Å². The fraction of sp³-hybridized carbons (Fsp3) is 0.583. The number of aromatic nitrogens is 2. The van der Waals surface area contributed by atoms with Crippen LogP contribution < -0.4 is 14.8 Å². The van der Waals surface area contributed by atoms with Crippen molar-refractivity contribution in [3.8, 4) is 22.8 Å². The largest absolute Gasteiger partial charge is 0.491 e. The van der Waals surface area contributed by atoms with Crippen LogP contribution in [0.2, 0.25) is 0 Å². The van der Waals surface area contributed by atoms with Crippen LogP contribution >= 0.6 is 0 Å². The van der Waals surface area contributed by atoms with Crippen LogP contribution in [-0.2, 0) is 0 Å². The zero-order chi connectivity index (χ0) is 21.0. The second-order valence-corrected chi connectivity index (χ2v) is 9.42. The van der Waals surface area contributed by atoms with Crippen molar-refractivity contribution in [3.05, 3.63) is 30.5 Å². The van der Waals surface area contributed by atoms with Gasteiger partial charge in [-0.25, -0.2) is 4.98 Å². The minimum Gasteiger partial charge on any atom is -0.491 e. The summed E-state index contributed by atoms with van der Waals surface area (Å²) in [5.74, 6) is 2.93. The molecular formula is C24H35N3O2. The Balaban J connectivity index is 1.84. The molecular weight excluding hydrogens is 362 g/mol. The molecule has 0 amide bonds. The summed E-state index contributed by atoms with van der Waals surface area (Å²) < 4.78 is 12.0. The topological polar surface area (TPSA) is 56.3 Å². The summed E-state index contributed by atoms with van der Waals surface area (Å²) >= 11 is 0. The molecule has 1 aliphatic rings. The van der Waals surface area contributed by atoms with Crippen molar-refractivity contribution >= 4 is 5.95 Å². The maximum absolute atomic E-state index is 6.21. The van der Waals surface area contributed by atoms with Crippen LogP contribution in [0.1, 0.15) is 67.2 Å². The van der Waals surface area contributed by atoms with Gasteiger partial charge in [0.05, 0.1) is 11.7 Å². The molecule has 2 aromatic rings. The van der Waals surface area contributed by atoms with E-state index in [1.165, 1.54) is 25.7 Å². The van der Waals surface area contributed by atoms with Gasteiger partial charge in [0.1, 0.15) is 11.4 Å². The molecule has 0 unspecified atom stereocenters. The Hall–Kier alpha value is -2.30. The van der Waals surface area contributed by atoms with E-state index in [2.05, 4.69) is 17.2 Å². The van der Waals surface area contributed by atoms with Gasteiger partial charge in [0.25, 0.3) is 0 Å². The Kier molecular flexibility index (Phi) is 6.66. The highest BCUT2D eigenvalue weighted by Gasteiger charge is 2.21. The molecule has 1 N–H and O–H groups in total. The van der Waals surface area contributed by atoms with Gasteiger partial charge in [-0.15, -0.1) is 0 Å². The predicted octanol–water partition coefficient (Wildman–Crippen LogP) is 6.10. The van der Waals surface area contributed by atoms with E-state index in [0.29, 0.717) is 17.9 Å². The van der Waals surface area contributed by atoms with Crippen LogP contribution in [-0.4, -0.2) is 27.7 Å². The van der Waals surface area contributed by atoms with Gasteiger partial charge in [-0.05, 0) is 83.9 Å². The monoisotopic (exact) mass is 397 g/mol. The van der Waals surface area contributed by atoms with Crippen LogP contribution in [0.25, 0.3) is 11.1 Å². The molecule has 0 atom stereocenters. The standard InChI is InChI=1S/C24H35N3O2/c1-16(2)28-20-13-9-18(10-14-20)21-15-25-23(27-22(21)29-24(4,5)6)26-19-11-7-17(3)8-12-19/h9-10,13-17,19H,7-8,11-12H2,1-6H3,(H,25,26,27)/t17-,19-. The number of rotatable bonds is 6. The Morgan fingerprint density at radius 1 is 1.03 bits per heavy atom. The van der Waals surface area contributed by atoms with E-state index in [9.17, 15) is 0 Å². The van der Waals surface area contributed by atoms with E-state index in [1.54, 1.807) is 0 Å². The van der Waals surface area contributed by atoms with Gasteiger partial charge in [-0.3, -0.25) is 0 Å². The van der Waals surface area contributed by atoms with Gasteiger partial charge in [0.2, 0.25) is 11.8 Å². The summed E-state index contributed by atoms with van der Waals surface area (Å²) in [6, 6.07) is 8.45. The van der Waals surface area contributed by atoms with E-state index < -0.39 is 0 Å². The zero-order valence-corrected chi connectivity index (χ0v) is 18.7. The van der Waals surface area contributed by atoms with Crippen molar-refractivity contribution in [2.75, 3.05) is 5.32 Å². The summed E-state index contributed by atoms with van der Waals surface area (Å²) in [5, 5.41) is 3.51. The highest BCUT2D eigenvalue weighted by atomic mass is 16.5. The van der Waals surface area contributed by atoms with Gasteiger partial charge in [-0.1, -0.05) is 19.1 Å². The highest BCUT2D eigenvalue weighted by Crippen LogP contribution is 2.33. The van der Waals surface area contributed by atoms with E-state index in [4.69, 9.17) is 14.5 Å². The molecule has 1 aromatic carbocycles. The molecule has 0 aliphatic heterocycles. The van der Waals surface area contributed by atoms with E-state index >= 15 is 0 Å². The molecule has 1 aromatic heterocycles. The lowest BCUT2D eigenvalue weighted by Gasteiger charge is -2.27. The summed E-state index contributed by atoms with van der Waals surface area (Å²) in [7, 11) is 0. The van der Waals surface area contributed by atoms with E-state index in [-0.39, 0.29) is 11.7 Å². The maximum Gasteiger partial charge on any atom is 0.226 e. The lowest BCUT2D eigenvalue weighted by molar-refractivity contribution is 0.125. The molecule has 0 radical (unpaired) electrons. The normalized spacial score (nSPS) is 19.8. The van der Waals surface area contributed by atoms with Crippen LogP contribution in [0.15, 0.2) is 30.5 Å². The Bertz CT molecular complexity index is 789. The second-order valence-electron chi connectivity index (χ2n) is 9.42. The van der Waals surface area contributed by atoms with Gasteiger partial charge in [0.15, 0.2) is 0 Å². The fourth-order valence-electron chi connectivity index (χ4n) is 3.57. The van der Waals surface area contributed by atoms with Crippen molar-refractivity contribution < 1.29 is 9.47 Å². The number of ether oxygens (including phenoxy) is 2. The Labute approximate surface area is 175 Å². The number of hydrogen-bond donors (Lipinski definition) is 1. The Morgan fingerprint density at radius 3 is 2.28 bits per heavy atom. The average Bonchev–Trinajstić information content (AvgIpc) is 2.63. The number of hydrogen-bond acceptors (Lipinski definition) is 5. The van der Waals surface area contributed by atoms with E-state index in [1.807, 2.05) is 65.1 Å². The molecule has 0 spiro atoms. The van der Waals surface area contributed by atoms with Crippen molar-refractivity contribution in [1.29, 1.82) is 0 Å². The van der Waals surface area contributed by atoms with Crippen LogP contribution in [0, 0.1) is 5.92 Å². The highest BCUT2D eigenvalue weighted by molar-refractivity contribution is 5.69. The minimum absolute atomic E-state index is 0.150. The molecule has 3 rings (SSSR count). The van der Waals surface area contributed by atoms with Crippen molar-refractivity contribution in [1.82, 2.24) is 9.97 Å². The summed E-state index contributed by atoms with van der Waals surface area (Å²) in [6.45, 7) is 12.5. The molecule has 1 fully saturated rings. The third-order valence-corrected chi connectivity index (χ3v) is 5.04. The van der Waals surface area contributed by atoms with Crippen molar-refractivity contribution in [3.63, 3.8) is 0 Å². The first kappa shape index (κ1) is 21.4. The van der Waals surface area contributed by atoms with Crippen molar-refractivity contribution in [2.24, 2.45) is 5.92 Å². The SMILES string of the molecule is CC(C)Oc1ccc(-c2cnc(N[C@H]3CC[C@H](C)CC3)nc2OC(C)(C)C)cc1. The summed E-state index contributed by atoms with van der Waals surface area (Å²) in [5.41, 5.74) is 1.55. The summed E-state index contributed by atoms with van der Waals surface area (Å²) in [4.78, 5) is 9.34. The number of nitrogens with one attached hydrogen (secondary N) is 1. The lowest BCUT2D eigenvalue weighted by atomic mass is 9.87. The first-order valence-electron chi connectivity index (χ1n) is 10.8. The lowest BCUT2D eigenvalue weighted by Crippen LogP contribution is -2.27. The first-order valence-corrected chi connectivity index (χ1v) is 10.8. The third kappa shape index (κ3) is 6.34. The molecule has 5 nitrogen and oxygen atoms in total. The van der Waals surface area contributed by atoms with Crippen LogP contribution in [0.5, 0.6) is 11.6 Å². The van der Waals surface area contributed by atoms with Gasteiger partial charge < -0.3 is 14.8 Å². The quantitative estimate of drug-likeness (QED) is 0.638. The molecule has 158 valence electrons. The third-order valence-electron chi connectivity index (χ3n) is 5.04. The van der Waals surface area contributed by atoms with Gasteiger partial charge in [0, 0.05) is 12.2 Å². The molecule has 5 heteroatoms. The van der Waals surface area contributed by atoms with Crippen LogP contribution in [0.3, 0.4) is 0 Å². The average molecular weight is 398 g/mol. The smallest absolute Gasteiger partial charge is 0.226 e. The predicted molar refractivity (Wildman–Crippen MR) is 119 cm³/mol. The second kappa shape index (κ2) is 9.02. The van der Waals surface area contributed by atoms with Crippen LogP contribution in [0.4, 0.5) is 5.95 Å². The number of anilines is 1. The molecule has 1 aliphatic carbocycles. The Morgan fingerprint density at radius 2 is 1.69 bits per heavy atom. The zero-order valence-electron chi connectivity index (χ0n) is 18.7. The molecule has 29 heavy (non-hydrogen) atoms. The maximum atomic E-state index is 6.21.